The van der Waals surface area contributed by atoms with E-state index in [1.807, 2.05) is 50.2 Å². The number of amides is 1. The number of carbonyl (C=O) groups excluding carboxylic acids is 1. The number of anilines is 1. The van der Waals surface area contributed by atoms with Crippen molar-refractivity contribution in [2.75, 3.05) is 18.1 Å². The first-order valence-electron chi connectivity index (χ1n) is 8.89. The number of hydrogen-bond donors (Lipinski definition) is 1. The SMILES string of the molecule is CC(C)N=C1S/C(=C\c2ccc(OCCO)c(Cl)c2)C(=O)N1c1ccccc1. The Kier molecular flexibility index (Phi) is 6.78. The first-order valence-corrected chi connectivity index (χ1v) is 10.1. The van der Waals surface area contributed by atoms with Crippen LogP contribution in [0.4, 0.5) is 5.69 Å². The summed E-state index contributed by atoms with van der Waals surface area (Å²) in [7, 11) is 0. The summed E-state index contributed by atoms with van der Waals surface area (Å²) < 4.78 is 5.37. The lowest BCUT2D eigenvalue weighted by atomic mass is 10.2. The number of thioether (sulfide) groups is 1. The number of para-hydroxylation sites is 1. The maximum atomic E-state index is 13.1. The number of rotatable bonds is 6. The van der Waals surface area contributed by atoms with Crippen LogP contribution in [0.5, 0.6) is 5.75 Å². The Morgan fingerprint density at radius 3 is 2.64 bits per heavy atom. The fraction of sp³-hybridized carbons (Fsp3) is 0.238. The van der Waals surface area contributed by atoms with Gasteiger partial charge in [0, 0.05) is 6.04 Å². The molecule has 1 saturated heterocycles. The number of benzene rings is 2. The molecule has 0 spiro atoms. The van der Waals surface area contributed by atoms with E-state index < -0.39 is 0 Å². The summed E-state index contributed by atoms with van der Waals surface area (Å²) in [5, 5.41) is 9.95. The Morgan fingerprint density at radius 2 is 2.00 bits per heavy atom. The number of hydrogen-bond acceptors (Lipinski definition) is 5. The number of halogens is 1. The van der Waals surface area contributed by atoms with E-state index in [0.717, 1.165) is 11.3 Å². The second-order valence-corrected chi connectivity index (χ2v) is 7.77. The molecule has 146 valence electrons. The second kappa shape index (κ2) is 9.28. The Bertz CT molecular complexity index is 913. The molecule has 5 nitrogen and oxygen atoms in total. The smallest absolute Gasteiger partial charge is 0.271 e. The van der Waals surface area contributed by atoms with Crippen LogP contribution in [-0.2, 0) is 4.79 Å². The number of aliphatic hydroxyl groups excluding tert-OH is 1. The van der Waals surface area contributed by atoms with Crippen molar-refractivity contribution in [3.63, 3.8) is 0 Å². The summed E-state index contributed by atoms with van der Waals surface area (Å²) in [6.45, 7) is 4.05. The van der Waals surface area contributed by atoms with Gasteiger partial charge in [0.15, 0.2) is 5.17 Å². The lowest BCUT2D eigenvalue weighted by Gasteiger charge is -2.16. The van der Waals surface area contributed by atoms with Crippen LogP contribution in [0, 0.1) is 0 Å². The Labute approximate surface area is 173 Å². The number of amidine groups is 1. The maximum Gasteiger partial charge on any atom is 0.271 e. The van der Waals surface area contributed by atoms with Gasteiger partial charge < -0.3 is 9.84 Å². The van der Waals surface area contributed by atoms with Crippen LogP contribution in [0.3, 0.4) is 0 Å². The highest BCUT2D eigenvalue weighted by Gasteiger charge is 2.34. The highest BCUT2D eigenvalue weighted by molar-refractivity contribution is 8.19. The topological polar surface area (TPSA) is 62.1 Å². The molecule has 0 aromatic heterocycles. The van der Waals surface area contributed by atoms with E-state index in [-0.39, 0.29) is 25.2 Å². The molecule has 28 heavy (non-hydrogen) atoms. The zero-order valence-corrected chi connectivity index (χ0v) is 17.2. The van der Waals surface area contributed by atoms with Gasteiger partial charge in [-0.1, -0.05) is 35.9 Å². The molecule has 1 aliphatic heterocycles. The molecule has 1 N–H and O–H groups in total. The van der Waals surface area contributed by atoms with Gasteiger partial charge in [0.2, 0.25) is 0 Å². The van der Waals surface area contributed by atoms with Gasteiger partial charge in [-0.2, -0.15) is 0 Å². The summed E-state index contributed by atoms with van der Waals surface area (Å²) in [6.07, 6.45) is 1.80. The van der Waals surface area contributed by atoms with Crippen molar-refractivity contribution < 1.29 is 14.6 Å². The number of carbonyl (C=O) groups is 1. The second-order valence-electron chi connectivity index (χ2n) is 6.35. The van der Waals surface area contributed by atoms with E-state index in [1.54, 1.807) is 23.1 Å². The van der Waals surface area contributed by atoms with Crippen molar-refractivity contribution in [2.24, 2.45) is 4.99 Å². The van der Waals surface area contributed by atoms with Crippen LogP contribution >= 0.6 is 23.4 Å². The molecule has 2 aromatic carbocycles. The molecule has 0 radical (unpaired) electrons. The quantitative estimate of drug-likeness (QED) is 0.699. The lowest BCUT2D eigenvalue weighted by molar-refractivity contribution is -0.113. The molecule has 7 heteroatoms. The zero-order chi connectivity index (χ0) is 20.1. The molecule has 0 bridgehead atoms. The number of aliphatic hydroxyl groups is 1. The molecule has 0 unspecified atom stereocenters. The third-order valence-corrected chi connectivity index (χ3v) is 5.07. The van der Waals surface area contributed by atoms with E-state index in [1.165, 1.54) is 11.8 Å². The van der Waals surface area contributed by atoms with E-state index >= 15 is 0 Å². The standard InChI is InChI=1S/C21H21ClN2O3S/c1-14(2)23-21-24(16-6-4-3-5-7-16)20(26)19(28-21)13-15-8-9-18(17(22)12-15)27-11-10-25/h3-9,12-14,25H,10-11H2,1-2H3/b19-13-,23-21?. The first kappa shape index (κ1) is 20.5. The fourth-order valence-electron chi connectivity index (χ4n) is 2.62. The molecule has 0 saturated carbocycles. The highest BCUT2D eigenvalue weighted by Crippen LogP contribution is 2.37. The molecule has 0 aliphatic carbocycles. The number of ether oxygens (including phenoxy) is 1. The molecule has 1 amide bonds. The maximum absolute atomic E-state index is 13.1. The lowest BCUT2D eigenvalue weighted by Crippen LogP contribution is -2.29. The Balaban J connectivity index is 1.92. The van der Waals surface area contributed by atoms with Crippen LogP contribution in [-0.4, -0.2) is 35.4 Å². The third kappa shape index (κ3) is 4.76. The van der Waals surface area contributed by atoms with E-state index in [0.29, 0.717) is 20.8 Å². The molecule has 2 aromatic rings. The number of nitrogens with zero attached hydrogens (tertiary/aromatic N) is 2. The van der Waals surface area contributed by atoms with E-state index in [4.69, 9.17) is 21.4 Å². The molecule has 1 fully saturated rings. The normalized spacial score (nSPS) is 17.2. The summed E-state index contributed by atoms with van der Waals surface area (Å²) in [5.74, 6) is 0.378. The molecule has 1 aliphatic rings. The minimum atomic E-state index is -0.118. The van der Waals surface area contributed by atoms with Gasteiger partial charge in [-0.3, -0.25) is 14.7 Å². The van der Waals surface area contributed by atoms with Crippen LogP contribution in [0.25, 0.3) is 6.08 Å². The van der Waals surface area contributed by atoms with Crippen LogP contribution in [0.2, 0.25) is 5.02 Å². The van der Waals surface area contributed by atoms with Gasteiger partial charge in [-0.15, -0.1) is 0 Å². The van der Waals surface area contributed by atoms with Gasteiger partial charge in [0.25, 0.3) is 5.91 Å². The Morgan fingerprint density at radius 1 is 1.25 bits per heavy atom. The van der Waals surface area contributed by atoms with Gasteiger partial charge in [-0.05, 0) is 61.5 Å². The van der Waals surface area contributed by atoms with Gasteiger partial charge in [0.05, 0.1) is 22.2 Å². The summed E-state index contributed by atoms with van der Waals surface area (Å²) in [4.78, 5) is 19.9. The van der Waals surface area contributed by atoms with Crippen LogP contribution in [0.15, 0.2) is 58.4 Å². The van der Waals surface area contributed by atoms with Crippen LogP contribution < -0.4 is 9.64 Å². The summed E-state index contributed by atoms with van der Waals surface area (Å²) in [5.41, 5.74) is 1.57. The van der Waals surface area contributed by atoms with Crippen molar-refractivity contribution in [1.82, 2.24) is 0 Å². The predicted molar refractivity (Wildman–Crippen MR) is 116 cm³/mol. The molecule has 3 rings (SSSR count). The summed E-state index contributed by atoms with van der Waals surface area (Å²) in [6, 6.07) is 14.8. The van der Waals surface area contributed by atoms with Crippen molar-refractivity contribution in [3.05, 3.63) is 64.0 Å². The van der Waals surface area contributed by atoms with Crippen molar-refractivity contribution in [2.45, 2.75) is 19.9 Å². The fourth-order valence-corrected chi connectivity index (χ4v) is 3.97. The monoisotopic (exact) mass is 416 g/mol. The van der Waals surface area contributed by atoms with Gasteiger partial charge in [0.1, 0.15) is 12.4 Å². The third-order valence-electron chi connectivity index (χ3n) is 3.79. The number of aliphatic imine (C=N–C) groups is 1. The van der Waals surface area contributed by atoms with Crippen LogP contribution in [0.1, 0.15) is 19.4 Å². The van der Waals surface area contributed by atoms with Crippen molar-refractivity contribution in [3.8, 4) is 5.75 Å². The van der Waals surface area contributed by atoms with Crippen molar-refractivity contribution in [1.29, 1.82) is 0 Å². The van der Waals surface area contributed by atoms with E-state index in [9.17, 15) is 4.79 Å². The van der Waals surface area contributed by atoms with E-state index in [2.05, 4.69) is 4.99 Å². The average Bonchev–Trinajstić information content (AvgIpc) is 2.96. The zero-order valence-electron chi connectivity index (χ0n) is 15.6. The van der Waals surface area contributed by atoms with Crippen molar-refractivity contribution >= 4 is 46.2 Å². The van der Waals surface area contributed by atoms with Gasteiger partial charge >= 0.3 is 0 Å². The first-order chi connectivity index (χ1) is 13.5. The largest absolute Gasteiger partial charge is 0.490 e. The predicted octanol–water partition coefficient (Wildman–Crippen LogP) is 4.60. The average molecular weight is 417 g/mol. The minimum absolute atomic E-state index is 0.0678. The Hall–Kier alpha value is -2.28. The minimum Gasteiger partial charge on any atom is -0.490 e. The molecule has 1 heterocycles. The molecular weight excluding hydrogens is 396 g/mol. The molecule has 0 atom stereocenters. The molecular formula is C21H21ClN2O3S. The highest BCUT2D eigenvalue weighted by atomic mass is 35.5. The summed E-state index contributed by atoms with van der Waals surface area (Å²) >= 11 is 7.60. The van der Waals surface area contributed by atoms with Gasteiger partial charge in [-0.25, -0.2) is 0 Å².